The van der Waals surface area contributed by atoms with Crippen LogP contribution in [0.15, 0.2) is 27.2 Å². The smallest absolute Gasteiger partial charge is 0.257 e. The van der Waals surface area contributed by atoms with Crippen LogP contribution in [0, 0.1) is 0 Å². The Labute approximate surface area is 112 Å². The fourth-order valence-electron chi connectivity index (χ4n) is 1.34. The zero-order valence-electron chi connectivity index (χ0n) is 9.20. The van der Waals surface area contributed by atoms with Gasteiger partial charge >= 0.3 is 0 Å². The highest BCUT2D eigenvalue weighted by Gasteiger charge is 2.09. The molecule has 0 fully saturated rings. The SMILES string of the molecule is CNCCc1noc(-c2ccc(Cl)c(Br)c2)n1. The molecule has 1 N–H and O–H groups in total. The van der Waals surface area contributed by atoms with Gasteiger partial charge < -0.3 is 9.84 Å². The van der Waals surface area contributed by atoms with Gasteiger partial charge in [-0.05, 0) is 41.2 Å². The summed E-state index contributed by atoms with van der Waals surface area (Å²) in [7, 11) is 1.89. The number of likely N-dealkylation sites (N-methyl/N-ethyl adjacent to an activating group) is 1. The topological polar surface area (TPSA) is 51.0 Å². The molecule has 0 amide bonds. The summed E-state index contributed by atoms with van der Waals surface area (Å²) in [6, 6.07) is 5.50. The lowest BCUT2D eigenvalue weighted by Gasteiger charge is -1.97. The van der Waals surface area contributed by atoms with Gasteiger partial charge in [0.15, 0.2) is 5.82 Å². The van der Waals surface area contributed by atoms with E-state index in [2.05, 4.69) is 31.4 Å². The molecule has 1 aromatic heterocycles. The summed E-state index contributed by atoms with van der Waals surface area (Å²) in [6.07, 6.45) is 0.745. The second-order valence-electron chi connectivity index (χ2n) is 3.50. The van der Waals surface area contributed by atoms with E-state index in [0.717, 1.165) is 23.0 Å². The number of rotatable bonds is 4. The lowest BCUT2D eigenvalue weighted by Crippen LogP contribution is -2.10. The molecule has 90 valence electrons. The zero-order valence-corrected chi connectivity index (χ0v) is 11.5. The second-order valence-corrected chi connectivity index (χ2v) is 4.76. The van der Waals surface area contributed by atoms with Crippen molar-refractivity contribution in [3.05, 3.63) is 33.5 Å². The summed E-state index contributed by atoms with van der Waals surface area (Å²) < 4.78 is 6.00. The number of benzene rings is 1. The average Bonchev–Trinajstić information content (AvgIpc) is 2.79. The van der Waals surface area contributed by atoms with Crippen molar-refractivity contribution in [2.24, 2.45) is 0 Å². The van der Waals surface area contributed by atoms with Gasteiger partial charge in [-0.3, -0.25) is 0 Å². The first-order valence-electron chi connectivity index (χ1n) is 5.13. The van der Waals surface area contributed by atoms with E-state index >= 15 is 0 Å². The van der Waals surface area contributed by atoms with Crippen LogP contribution in [0.2, 0.25) is 5.02 Å². The Balaban J connectivity index is 2.21. The minimum atomic E-state index is 0.508. The van der Waals surface area contributed by atoms with Crippen LogP contribution in [0.5, 0.6) is 0 Å². The normalized spacial score (nSPS) is 10.8. The Morgan fingerprint density at radius 1 is 1.47 bits per heavy atom. The molecule has 0 unspecified atom stereocenters. The summed E-state index contributed by atoms with van der Waals surface area (Å²) in [4.78, 5) is 4.31. The van der Waals surface area contributed by atoms with Gasteiger partial charge in [0.2, 0.25) is 0 Å². The molecule has 0 saturated carbocycles. The van der Waals surface area contributed by atoms with E-state index in [1.807, 2.05) is 19.2 Å². The summed E-state index contributed by atoms with van der Waals surface area (Å²) in [5, 5.41) is 7.60. The van der Waals surface area contributed by atoms with Gasteiger partial charge in [-0.1, -0.05) is 16.8 Å². The molecule has 0 aliphatic heterocycles. The van der Waals surface area contributed by atoms with Gasteiger partial charge in [0, 0.05) is 23.0 Å². The van der Waals surface area contributed by atoms with Crippen molar-refractivity contribution in [2.45, 2.75) is 6.42 Å². The lowest BCUT2D eigenvalue weighted by molar-refractivity contribution is 0.422. The predicted molar refractivity (Wildman–Crippen MR) is 70.1 cm³/mol. The van der Waals surface area contributed by atoms with Crippen LogP contribution in [0.25, 0.3) is 11.5 Å². The largest absolute Gasteiger partial charge is 0.334 e. The molecule has 0 aliphatic carbocycles. The Morgan fingerprint density at radius 3 is 3.00 bits per heavy atom. The number of hydrogen-bond donors (Lipinski definition) is 1. The summed E-state index contributed by atoms with van der Waals surface area (Å²) in [5.41, 5.74) is 0.851. The monoisotopic (exact) mass is 315 g/mol. The van der Waals surface area contributed by atoms with Crippen molar-refractivity contribution in [1.29, 1.82) is 0 Å². The fraction of sp³-hybridized carbons (Fsp3) is 0.273. The minimum Gasteiger partial charge on any atom is -0.334 e. The van der Waals surface area contributed by atoms with Crippen molar-refractivity contribution >= 4 is 27.5 Å². The van der Waals surface area contributed by atoms with Gasteiger partial charge in [-0.25, -0.2) is 0 Å². The number of nitrogens with one attached hydrogen (secondary N) is 1. The van der Waals surface area contributed by atoms with Crippen molar-refractivity contribution in [1.82, 2.24) is 15.5 Å². The molecule has 0 bridgehead atoms. The Hall–Kier alpha value is -0.910. The molecule has 17 heavy (non-hydrogen) atoms. The molecule has 1 heterocycles. The molecule has 2 aromatic rings. The molecule has 0 saturated heterocycles. The molecule has 6 heteroatoms. The van der Waals surface area contributed by atoms with Crippen LogP contribution >= 0.6 is 27.5 Å². The molecule has 0 radical (unpaired) electrons. The van der Waals surface area contributed by atoms with Crippen LogP contribution < -0.4 is 5.32 Å². The van der Waals surface area contributed by atoms with Crippen LogP contribution in [0.1, 0.15) is 5.82 Å². The maximum absolute atomic E-state index is 5.92. The van der Waals surface area contributed by atoms with Crippen LogP contribution in [0.4, 0.5) is 0 Å². The standard InChI is InChI=1S/C11H11BrClN3O/c1-14-5-4-10-15-11(17-16-10)7-2-3-9(13)8(12)6-7/h2-3,6,14H,4-5H2,1H3. The second kappa shape index (κ2) is 5.62. The van der Waals surface area contributed by atoms with Gasteiger partial charge in [-0.2, -0.15) is 4.98 Å². The lowest BCUT2D eigenvalue weighted by atomic mass is 10.2. The minimum absolute atomic E-state index is 0.508. The molecule has 2 rings (SSSR count). The third-order valence-electron chi connectivity index (χ3n) is 2.23. The highest BCUT2D eigenvalue weighted by Crippen LogP contribution is 2.27. The third-order valence-corrected chi connectivity index (χ3v) is 3.45. The highest BCUT2D eigenvalue weighted by molar-refractivity contribution is 9.10. The molecular formula is C11H11BrClN3O. The summed E-state index contributed by atoms with van der Waals surface area (Å²) in [5.74, 6) is 1.20. The molecule has 4 nitrogen and oxygen atoms in total. The Morgan fingerprint density at radius 2 is 2.29 bits per heavy atom. The van der Waals surface area contributed by atoms with Gasteiger partial charge in [0.05, 0.1) is 5.02 Å². The molecule has 0 spiro atoms. The van der Waals surface area contributed by atoms with Crippen molar-refractivity contribution < 1.29 is 4.52 Å². The van der Waals surface area contributed by atoms with Crippen molar-refractivity contribution in [3.8, 4) is 11.5 Å². The maximum Gasteiger partial charge on any atom is 0.257 e. The molecule has 1 aromatic carbocycles. The fourth-order valence-corrected chi connectivity index (χ4v) is 1.84. The van der Waals surface area contributed by atoms with E-state index in [4.69, 9.17) is 16.1 Å². The van der Waals surface area contributed by atoms with Crippen LogP contribution in [-0.2, 0) is 6.42 Å². The van der Waals surface area contributed by atoms with E-state index in [0.29, 0.717) is 16.7 Å². The quantitative estimate of drug-likeness (QED) is 0.942. The van der Waals surface area contributed by atoms with Crippen LogP contribution in [0.3, 0.4) is 0 Å². The number of nitrogens with zero attached hydrogens (tertiary/aromatic N) is 2. The average molecular weight is 317 g/mol. The van der Waals surface area contributed by atoms with Crippen molar-refractivity contribution in [3.63, 3.8) is 0 Å². The Kier molecular flexibility index (Phi) is 4.15. The summed E-state index contributed by atoms with van der Waals surface area (Å²) in [6.45, 7) is 0.823. The molecule has 0 aliphatic rings. The first-order chi connectivity index (χ1) is 8.20. The first kappa shape index (κ1) is 12.5. The van der Waals surface area contributed by atoms with Crippen molar-refractivity contribution in [2.75, 3.05) is 13.6 Å². The van der Waals surface area contributed by atoms with E-state index in [1.165, 1.54) is 0 Å². The van der Waals surface area contributed by atoms with E-state index in [9.17, 15) is 0 Å². The number of hydrogen-bond acceptors (Lipinski definition) is 4. The van der Waals surface area contributed by atoms with E-state index in [-0.39, 0.29) is 0 Å². The molecule has 0 atom stereocenters. The number of aromatic nitrogens is 2. The highest BCUT2D eigenvalue weighted by atomic mass is 79.9. The van der Waals surface area contributed by atoms with E-state index in [1.54, 1.807) is 6.07 Å². The zero-order chi connectivity index (χ0) is 12.3. The predicted octanol–water partition coefficient (Wildman–Crippen LogP) is 2.91. The third kappa shape index (κ3) is 3.06. The first-order valence-corrected chi connectivity index (χ1v) is 6.30. The van der Waals surface area contributed by atoms with E-state index < -0.39 is 0 Å². The van der Waals surface area contributed by atoms with Crippen LogP contribution in [-0.4, -0.2) is 23.7 Å². The van der Waals surface area contributed by atoms with Gasteiger partial charge in [0.25, 0.3) is 5.89 Å². The maximum atomic E-state index is 5.92. The summed E-state index contributed by atoms with van der Waals surface area (Å²) >= 11 is 9.28. The molecular weight excluding hydrogens is 305 g/mol. The van der Waals surface area contributed by atoms with Gasteiger partial charge in [0.1, 0.15) is 0 Å². The number of halogens is 2. The Bertz CT molecular complexity index is 515. The van der Waals surface area contributed by atoms with Gasteiger partial charge in [-0.15, -0.1) is 0 Å².